The lowest BCUT2D eigenvalue weighted by Crippen LogP contribution is -2.31. The van der Waals surface area contributed by atoms with Gasteiger partial charge in [-0.05, 0) is 135 Å². The van der Waals surface area contributed by atoms with Gasteiger partial charge in [-0.15, -0.1) is 0 Å². The number of carbonyl (C=O) groups is 3. The minimum atomic E-state index is -0.568. The molecule has 0 atom stereocenters. The van der Waals surface area contributed by atoms with Crippen molar-refractivity contribution in [2.24, 2.45) is 0 Å². The molecule has 0 aromatic rings. The molecule has 0 spiro atoms. The number of hydrogen-bond acceptors (Lipinski definition) is 9. The third-order valence-electron chi connectivity index (χ3n) is 12.1. The van der Waals surface area contributed by atoms with E-state index in [0.717, 1.165) is 129 Å². The second kappa shape index (κ2) is 49.1. The Morgan fingerprint density at radius 3 is 1.25 bits per heavy atom. The largest absolute Gasteiger partial charge is 0.508 e. The molecule has 0 fully saturated rings. The fraction of sp³-hybridized carbons (Fsp3) is 0.870. The molecule has 9 nitrogen and oxygen atoms in total. The summed E-state index contributed by atoms with van der Waals surface area (Å²) in [6.45, 7) is 18.3. The van der Waals surface area contributed by atoms with Crippen molar-refractivity contribution in [1.29, 1.82) is 0 Å². The van der Waals surface area contributed by atoms with Crippen LogP contribution in [-0.2, 0) is 28.5 Å². The second-order valence-electron chi connectivity index (χ2n) is 17.7. The maximum absolute atomic E-state index is 12.8. The van der Waals surface area contributed by atoms with Gasteiger partial charge in [-0.1, -0.05) is 149 Å². The lowest BCUT2D eigenvalue weighted by atomic mass is 10.0. The summed E-state index contributed by atoms with van der Waals surface area (Å²) >= 11 is 0. The molecule has 0 aliphatic rings. The molecule has 0 aliphatic carbocycles. The lowest BCUT2D eigenvalue weighted by molar-refractivity contribution is -0.144. The quantitative estimate of drug-likeness (QED) is 0.0256. The standard InChI is InChI=1S/C54H102N2O7/c1-6-11-13-15-17-19-21-23-25-27-35-43-52(57)60-48-39-31-29-33-41-51(63-54(59)62-50-47-56(10-5)46-38-37-45-55(8-3)9-4)42-34-30-32-40-49-61-53(58)44-36-28-26-24-22-20-18-16-14-12-7-2/h15-18,51H,6-14,19-50H2,1-5H3/b17-15-,18-16-. The fourth-order valence-corrected chi connectivity index (χ4v) is 7.74. The summed E-state index contributed by atoms with van der Waals surface area (Å²) in [6, 6.07) is 0. The predicted octanol–water partition coefficient (Wildman–Crippen LogP) is 14.9. The average molecular weight is 891 g/mol. The highest BCUT2D eigenvalue weighted by atomic mass is 16.7. The Morgan fingerprint density at radius 2 is 0.794 bits per heavy atom. The smallest absolute Gasteiger partial charge is 0.466 e. The van der Waals surface area contributed by atoms with Gasteiger partial charge < -0.3 is 28.7 Å². The fourth-order valence-electron chi connectivity index (χ4n) is 7.74. The van der Waals surface area contributed by atoms with Crippen LogP contribution in [0.4, 0.5) is 4.79 Å². The van der Waals surface area contributed by atoms with Crippen LogP contribution in [0.2, 0.25) is 0 Å². The normalized spacial score (nSPS) is 11.8. The van der Waals surface area contributed by atoms with Crippen molar-refractivity contribution >= 4 is 18.1 Å². The first-order chi connectivity index (χ1) is 30.9. The van der Waals surface area contributed by atoms with E-state index in [0.29, 0.717) is 39.2 Å². The zero-order valence-electron chi connectivity index (χ0n) is 42.1. The SMILES string of the molecule is CCCC/C=C\CCCCCCCC(=O)OCCCCCCC(CCCCCCOC(=O)CCCCCCC/C=C\CCCC)OC(=O)OCCN(CC)CCCCN(CC)CC. The monoisotopic (exact) mass is 891 g/mol. The second-order valence-corrected chi connectivity index (χ2v) is 17.7. The van der Waals surface area contributed by atoms with Crippen LogP contribution >= 0.6 is 0 Å². The van der Waals surface area contributed by atoms with E-state index in [1.54, 1.807) is 0 Å². The van der Waals surface area contributed by atoms with E-state index in [4.69, 9.17) is 18.9 Å². The Labute approximate surface area is 389 Å². The van der Waals surface area contributed by atoms with Crippen molar-refractivity contribution in [3.05, 3.63) is 24.3 Å². The molecular formula is C54H102N2O7. The topological polar surface area (TPSA) is 94.6 Å². The Balaban J connectivity index is 4.41. The molecule has 9 heteroatoms. The number of allylic oxidation sites excluding steroid dienone is 4. The van der Waals surface area contributed by atoms with Crippen LogP contribution in [0.5, 0.6) is 0 Å². The predicted molar refractivity (Wildman–Crippen MR) is 265 cm³/mol. The van der Waals surface area contributed by atoms with Gasteiger partial charge in [-0.25, -0.2) is 4.79 Å². The number of esters is 2. The van der Waals surface area contributed by atoms with Crippen LogP contribution in [-0.4, -0.2) is 93.1 Å². The Kier molecular flexibility index (Phi) is 47.2. The van der Waals surface area contributed by atoms with Crippen LogP contribution < -0.4 is 0 Å². The van der Waals surface area contributed by atoms with Gasteiger partial charge in [0.05, 0.1) is 13.2 Å². The number of carbonyl (C=O) groups excluding carboxylic acids is 3. The first-order valence-corrected chi connectivity index (χ1v) is 26.8. The van der Waals surface area contributed by atoms with Gasteiger partial charge in [0.1, 0.15) is 12.7 Å². The van der Waals surface area contributed by atoms with E-state index >= 15 is 0 Å². The molecule has 0 radical (unpaired) electrons. The van der Waals surface area contributed by atoms with Crippen molar-refractivity contribution in [3.63, 3.8) is 0 Å². The Hall–Kier alpha value is -2.39. The average Bonchev–Trinajstić information content (AvgIpc) is 3.28. The Morgan fingerprint density at radius 1 is 0.397 bits per heavy atom. The molecule has 0 N–H and O–H groups in total. The molecule has 0 saturated heterocycles. The van der Waals surface area contributed by atoms with Crippen molar-refractivity contribution in [3.8, 4) is 0 Å². The van der Waals surface area contributed by atoms with Gasteiger partial charge in [0.15, 0.2) is 0 Å². The first kappa shape index (κ1) is 60.6. The molecule has 0 aliphatic heterocycles. The highest BCUT2D eigenvalue weighted by Crippen LogP contribution is 2.17. The number of nitrogens with zero attached hydrogens (tertiary/aromatic N) is 2. The van der Waals surface area contributed by atoms with Crippen LogP contribution in [0.3, 0.4) is 0 Å². The summed E-state index contributed by atoms with van der Waals surface area (Å²) in [7, 11) is 0. The maximum atomic E-state index is 12.8. The van der Waals surface area contributed by atoms with Crippen molar-refractivity contribution in [2.45, 2.75) is 246 Å². The summed E-state index contributed by atoms with van der Waals surface area (Å²) in [4.78, 5) is 42.1. The van der Waals surface area contributed by atoms with Crippen molar-refractivity contribution in [1.82, 2.24) is 9.80 Å². The molecule has 370 valence electrons. The van der Waals surface area contributed by atoms with Gasteiger partial charge >= 0.3 is 18.1 Å². The summed E-state index contributed by atoms with van der Waals surface area (Å²) in [6.07, 6.45) is 42.1. The van der Waals surface area contributed by atoms with Crippen LogP contribution in [0.1, 0.15) is 240 Å². The molecule has 0 aromatic carbocycles. The van der Waals surface area contributed by atoms with Crippen molar-refractivity contribution in [2.75, 3.05) is 59.1 Å². The highest BCUT2D eigenvalue weighted by Gasteiger charge is 2.16. The Bertz CT molecular complexity index is 1000. The zero-order valence-corrected chi connectivity index (χ0v) is 42.1. The molecule has 0 bridgehead atoms. The van der Waals surface area contributed by atoms with Crippen molar-refractivity contribution < 1.29 is 33.3 Å². The minimum absolute atomic E-state index is 0.0748. The van der Waals surface area contributed by atoms with Gasteiger partial charge in [-0.3, -0.25) is 9.59 Å². The van der Waals surface area contributed by atoms with E-state index < -0.39 is 6.16 Å². The first-order valence-electron chi connectivity index (χ1n) is 26.8. The number of hydrogen-bond donors (Lipinski definition) is 0. The maximum Gasteiger partial charge on any atom is 0.508 e. The third kappa shape index (κ3) is 44.6. The van der Waals surface area contributed by atoms with Gasteiger partial charge in [-0.2, -0.15) is 0 Å². The molecule has 0 aromatic heterocycles. The summed E-state index contributed by atoms with van der Waals surface area (Å²) < 4.78 is 22.5. The number of unbranched alkanes of at least 4 members (excludes halogenated alkanes) is 21. The number of likely N-dealkylation sites (N-methyl/N-ethyl adjacent to an activating group) is 1. The van der Waals surface area contributed by atoms with E-state index in [1.165, 1.54) is 96.3 Å². The van der Waals surface area contributed by atoms with Crippen LogP contribution in [0, 0.1) is 0 Å². The molecular weight excluding hydrogens is 789 g/mol. The van der Waals surface area contributed by atoms with E-state index in [-0.39, 0.29) is 18.0 Å². The summed E-state index contributed by atoms with van der Waals surface area (Å²) in [5.41, 5.74) is 0. The molecule has 63 heavy (non-hydrogen) atoms. The highest BCUT2D eigenvalue weighted by molar-refractivity contribution is 5.69. The zero-order chi connectivity index (χ0) is 46.1. The molecule has 0 rings (SSSR count). The summed E-state index contributed by atoms with van der Waals surface area (Å²) in [5, 5.41) is 0. The lowest BCUT2D eigenvalue weighted by Gasteiger charge is -2.22. The molecule has 0 unspecified atom stereocenters. The van der Waals surface area contributed by atoms with Gasteiger partial charge in [0.2, 0.25) is 0 Å². The van der Waals surface area contributed by atoms with Gasteiger partial charge in [0, 0.05) is 19.4 Å². The van der Waals surface area contributed by atoms with Crippen LogP contribution in [0.25, 0.3) is 0 Å². The minimum Gasteiger partial charge on any atom is -0.466 e. The van der Waals surface area contributed by atoms with Gasteiger partial charge in [0.25, 0.3) is 0 Å². The molecule has 0 amide bonds. The van der Waals surface area contributed by atoms with E-state index in [1.807, 2.05) is 0 Å². The summed E-state index contributed by atoms with van der Waals surface area (Å²) in [5.74, 6) is -0.150. The van der Waals surface area contributed by atoms with Crippen LogP contribution in [0.15, 0.2) is 24.3 Å². The molecule has 0 heterocycles. The van der Waals surface area contributed by atoms with E-state index in [9.17, 15) is 14.4 Å². The van der Waals surface area contributed by atoms with E-state index in [2.05, 4.69) is 68.7 Å². The number of rotatable bonds is 48. The third-order valence-corrected chi connectivity index (χ3v) is 12.1. The molecule has 0 saturated carbocycles. The number of ether oxygens (including phenoxy) is 4.